The van der Waals surface area contributed by atoms with Crippen LogP contribution in [0.5, 0.6) is 5.75 Å². The van der Waals surface area contributed by atoms with Gasteiger partial charge in [-0.25, -0.2) is 13.8 Å². The SMILES string of the molecule is CC1(C)COc2c(CNC3CC4(C3)CC(F)(F)C4)cc(C(N)=O)nc21. The molecule has 3 N–H and O–H groups in total. The van der Waals surface area contributed by atoms with Crippen LogP contribution in [0.3, 0.4) is 0 Å². The molecule has 1 aliphatic heterocycles. The Bertz CT molecular complexity index is 732. The lowest BCUT2D eigenvalue weighted by molar-refractivity contribution is -0.198. The Labute approximate surface area is 145 Å². The Morgan fingerprint density at radius 2 is 2.08 bits per heavy atom. The molecule has 2 saturated carbocycles. The van der Waals surface area contributed by atoms with E-state index in [0.29, 0.717) is 18.9 Å². The van der Waals surface area contributed by atoms with Gasteiger partial charge in [-0.15, -0.1) is 0 Å². The van der Waals surface area contributed by atoms with Gasteiger partial charge in [0.15, 0.2) is 0 Å². The summed E-state index contributed by atoms with van der Waals surface area (Å²) in [6.07, 6.45) is 1.60. The molecule has 136 valence electrons. The predicted molar refractivity (Wildman–Crippen MR) is 87.8 cm³/mol. The van der Waals surface area contributed by atoms with Gasteiger partial charge in [-0.05, 0) is 24.3 Å². The summed E-state index contributed by atoms with van der Waals surface area (Å²) >= 11 is 0. The molecule has 0 aromatic carbocycles. The van der Waals surface area contributed by atoms with Crippen LogP contribution < -0.4 is 15.8 Å². The van der Waals surface area contributed by atoms with E-state index in [0.717, 1.165) is 24.1 Å². The molecule has 0 saturated heterocycles. The Kier molecular flexibility index (Phi) is 3.42. The molecular weight excluding hydrogens is 328 g/mol. The van der Waals surface area contributed by atoms with Crippen molar-refractivity contribution in [3.8, 4) is 5.75 Å². The standard InChI is InChI=1S/C18H23F2N3O2/c1-16(2)9-25-13-10(3-12(15(21)24)23-14(13)16)6-22-11-4-17(5-11)7-18(19,20)8-17/h3,11,22H,4-9H2,1-2H3,(H2,21,24). The molecule has 2 fully saturated rings. The summed E-state index contributed by atoms with van der Waals surface area (Å²) in [7, 11) is 0. The summed E-state index contributed by atoms with van der Waals surface area (Å²) in [4.78, 5) is 16.0. The maximum absolute atomic E-state index is 13.1. The number of alkyl halides is 2. The van der Waals surface area contributed by atoms with E-state index in [-0.39, 0.29) is 35.4 Å². The molecule has 1 aromatic heterocycles. The predicted octanol–water partition coefficient (Wildman–Crippen LogP) is 2.52. The molecule has 1 amide bonds. The lowest BCUT2D eigenvalue weighted by atomic mass is 9.52. The second kappa shape index (κ2) is 5.13. The third-order valence-electron chi connectivity index (χ3n) is 5.73. The highest BCUT2D eigenvalue weighted by molar-refractivity contribution is 5.91. The number of amides is 1. The maximum Gasteiger partial charge on any atom is 0.267 e. The molecule has 2 aliphatic carbocycles. The highest BCUT2D eigenvalue weighted by Gasteiger charge is 2.61. The van der Waals surface area contributed by atoms with E-state index in [1.54, 1.807) is 6.07 Å². The maximum atomic E-state index is 13.1. The van der Waals surface area contributed by atoms with E-state index in [2.05, 4.69) is 10.3 Å². The van der Waals surface area contributed by atoms with Crippen LogP contribution in [-0.4, -0.2) is 29.5 Å². The second-order valence-electron chi connectivity index (χ2n) is 8.58. The summed E-state index contributed by atoms with van der Waals surface area (Å²) in [5, 5.41) is 3.40. The number of nitrogens with zero attached hydrogens (tertiary/aromatic N) is 1. The van der Waals surface area contributed by atoms with Gasteiger partial charge in [0, 0.05) is 36.4 Å². The number of nitrogens with two attached hydrogens (primary N) is 1. The second-order valence-corrected chi connectivity index (χ2v) is 8.58. The van der Waals surface area contributed by atoms with Crippen molar-refractivity contribution in [2.45, 2.75) is 63.5 Å². The third-order valence-corrected chi connectivity index (χ3v) is 5.73. The number of halogens is 2. The van der Waals surface area contributed by atoms with E-state index in [4.69, 9.17) is 10.5 Å². The number of hydrogen-bond acceptors (Lipinski definition) is 4. The van der Waals surface area contributed by atoms with Gasteiger partial charge < -0.3 is 15.8 Å². The van der Waals surface area contributed by atoms with Crippen molar-refractivity contribution in [1.82, 2.24) is 10.3 Å². The largest absolute Gasteiger partial charge is 0.490 e. The number of ether oxygens (including phenoxy) is 1. The normalized spacial score (nSPS) is 25.0. The van der Waals surface area contributed by atoms with Crippen LogP contribution in [0.25, 0.3) is 0 Å². The molecule has 0 atom stereocenters. The van der Waals surface area contributed by atoms with Crippen molar-refractivity contribution in [2.75, 3.05) is 6.61 Å². The fourth-order valence-corrected chi connectivity index (χ4v) is 4.50. The molecule has 7 heteroatoms. The number of primary amides is 1. The highest BCUT2D eigenvalue weighted by Crippen LogP contribution is 2.62. The van der Waals surface area contributed by atoms with Crippen LogP contribution in [0, 0.1) is 5.41 Å². The number of aromatic nitrogens is 1. The van der Waals surface area contributed by atoms with Crippen LogP contribution in [0.2, 0.25) is 0 Å². The van der Waals surface area contributed by atoms with Gasteiger partial charge in [0.05, 0.1) is 12.3 Å². The first-order valence-electron chi connectivity index (χ1n) is 8.68. The third kappa shape index (κ3) is 2.78. The van der Waals surface area contributed by atoms with Crippen molar-refractivity contribution in [3.05, 3.63) is 23.0 Å². The zero-order chi connectivity index (χ0) is 18.0. The molecule has 0 radical (unpaired) electrons. The fourth-order valence-electron chi connectivity index (χ4n) is 4.50. The minimum Gasteiger partial charge on any atom is -0.490 e. The number of carbonyl (C=O) groups excluding carboxylic acids is 1. The number of carbonyl (C=O) groups is 1. The molecule has 3 aliphatic rings. The van der Waals surface area contributed by atoms with Crippen LogP contribution in [-0.2, 0) is 12.0 Å². The zero-order valence-corrected chi connectivity index (χ0v) is 14.5. The molecular formula is C18H23F2N3O2. The quantitative estimate of drug-likeness (QED) is 0.874. The lowest BCUT2D eigenvalue weighted by Crippen LogP contribution is -2.58. The number of hydrogen-bond donors (Lipinski definition) is 2. The Morgan fingerprint density at radius 1 is 1.40 bits per heavy atom. The summed E-state index contributed by atoms with van der Waals surface area (Å²) in [5.74, 6) is -2.31. The number of nitrogens with one attached hydrogen (secondary N) is 1. The minimum absolute atomic E-state index is 0.0198. The first-order chi connectivity index (χ1) is 11.6. The molecule has 1 aromatic rings. The highest BCUT2D eigenvalue weighted by atomic mass is 19.3. The Hall–Kier alpha value is -1.76. The van der Waals surface area contributed by atoms with Gasteiger partial charge in [-0.2, -0.15) is 0 Å². The number of pyridine rings is 1. The van der Waals surface area contributed by atoms with Gasteiger partial charge >= 0.3 is 0 Å². The van der Waals surface area contributed by atoms with Crippen molar-refractivity contribution < 1.29 is 18.3 Å². The molecule has 4 rings (SSSR count). The van der Waals surface area contributed by atoms with Crippen LogP contribution in [0.4, 0.5) is 8.78 Å². The van der Waals surface area contributed by atoms with Crippen molar-refractivity contribution in [1.29, 1.82) is 0 Å². The molecule has 5 nitrogen and oxygen atoms in total. The van der Waals surface area contributed by atoms with E-state index in [1.807, 2.05) is 13.8 Å². The molecule has 25 heavy (non-hydrogen) atoms. The topological polar surface area (TPSA) is 77.2 Å². The van der Waals surface area contributed by atoms with Crippen LogP contribution >= 0.6 is 0 Å². The Morgan fingerprint density at radius 3 is 2.68 bits per heavy atom. The van der Waals surface area contributed by atoms with Crippen molar-refractivity contribution in [3.63, 3.8) is 0 Å². The Balaban J connectivity index is 1.46. The fraction of sp³-hybridized carbons (Fsp3) is 0.667. The van der Waals surface area contributed by atoms with E-state index in [9.17, 15) is 13.6 Å². The summed E-state index contributed by atoms with van der Waals surface area (Å²) in [5.41, 5.74) is 6.83. The average Bonchev–Trinajstić information content (AvgIpc) is 2.75. The van der Waals surface area contributed by atoms with Gasteiger partial charge in [0.1, 0.15) is 11.4 Å². The van der Waals surface area contributed by atoms with Gasteiger partial charge in [0.2, 0.25) is 5.92 Å². The number of rotatable bonds is 4. The van der Waals surface area contributed by atoms with Crippen LogP contribution in [0.1, 0.15) is 61.3 Å². The van der Waals surface area contributed by atoms with Crippen molar-refractivity contribution in [2.24, 2.45) is 11.1 Å². The first-order valence-corrected chi connectivity index (χ1v) is 8.68. The smallest absolute Gasteiger partial charge is 0.267 e. The molecule has 0 bridgehead atoms. The zero-order valence-electron chi connectivity index (χ0n) is 14.5. The van der Waals surface area contributed by atoms with Crippen molar-refractivity contribution >= 4 is 5.91 Å². The summed E-state index contributed by atoms with van der Waals surface area (Å²) < 4.78 is 32.0. The van der Waals surface area contributed by atoms with Crippen LogP contribution in [0.15, 0.2) is 6.07 Å². The monoisotopic (exact) mass is 351 g/mol. The molecule has 1 spiro atoms. The van der Waals surface area contributed by atoms with Gasteiger partial charge in [0.25, 0.3) is 5.91 Å². The first kappa shape index (κ1) is 16.7. The lowest BCUT2D eigenvalue weighted by Gasteiger charge is -2.57. The molecule has 0 unspecified atom stereocenters. The molecule has 2 heterocycles. The number of fused-ring (bicyclic) bond motifs is 1. The minimum atomic E-state index is -2.47. The van der Waals surface area contributed by atoms with Gasteiger partial charge in [-0.3, -0.25) is 4.79 Å². The van der Waals surface area contributed by atoms with Gasteiger partial charge in [-0.1, -0.05) is 13.8 Å². The average molecular weight is 351 g/mol. The van der Waals surface area contributed by atoms with E-state index in [1.165, 1.54) is 0 Å². The summed E-state index contributed by atoms with van der Waals surface area (Å²) in [6, 6.07) is 1.90. The summed E-state index contributed by atoms with van der Waals surface area (Å²) in [6.45, 7) is 5.05. The van der Waals surface area contributed by atoms with E-state index < -0.39 is 11.8 Å². The van der Waals surface area contributed by atoms with E-state index >= 15 is 0 Å².